The molecule has 1 aliphatic heterocycles. The van der Waals surface area contributed by atoms with Crippen LogP contribution < -0.4 is 10.2 Å². The van der Waals surface area contributed by atoms with Crippen LogP contribution in [0.3, 0.4) is 0 Å². The highest BCUT2D eigenvalue weighted by molar-refractivity contribution is 7.54. The maximum absolute atomic E-state index is 13.0. The molecule has 1 N–H and O–H groups in total. The minimum atomic E-state index is -4.56. The molecule has 1 aromatic carbocycles. The van der Waals surface area contributed by atoms with Crippen LogP contribution in [0.25, 0.3) is 0 Å². The highest BCUT2D eigenvalue weighted by Crippen LogP contribution is 2.59. The van der Waals surface area contributed by atoms with E-state index in [1.165, 1.54) is 0 Å². The van der Waals surface area contributed by atoms with Crippen LogP contribution in [0.4, 0.5) is 4.79 Å². The topological polar surface area (TPSA) is 115 Å². The number of carbonyl (C=O) groups excluding carboxylic acids is 2. The number of amides is 1. The number of ether oxygens (including phenoxy) is 2. The Kier molecular flexibility index (Phi) is 6.42. The summed E-state index contributed by atoms with van der Waals surface area (Å²) in [5.41, 5.74) is 0.729. The molecule has 1 saturated heterocycles. The van der Waals surface area contributed by atoms with E-state index in [1.807, 2.05) is 6.07 Å². The summed E-state index contributed by atoms with van der Waals surface area (Å²) < 4.78 is 49.8. The lowest BCUT2D eigenvalue weighted by Gasteiger charge is -2.39. The van der Waals surface area contributed by atoms with Crippen molar-refractivity contribution in [2.24, 2.45) is 5.92 Å². The summed E-state index contributed by atoms with van der Waals surface area (Å²) in [5.74, 6) is -1.85. The molecular formula is C19H26NO8P. The van der Waals surface area contributed by atoms with Crippen molar-refractivity contribution in [3.05, 3.63) is 35.9 Å². The second-order valence-electron chi connectivity index (χ2n) is 6.59. The molecule has 1 amide bonds. The van der Waals surface area contributed by atoms with Gasteiger partial charge in [-0.1, -0.05) is 43.2 Å². The number of fused-ring (bicyclic) bond motifs is 1. The van der Waals surface area contributed by atoms with E-state index in [1.54, 1.807) is 24.3 Å². The van der Waals surface area contributed by atoms with E-state index in [4.69, 9.17) is 22.4 Å². The van der Waals surface area contributed by atoms with Gasteiger partial charge in [-0.2, -0.15) is 13.6 Å². The van der Waals surface area contributed by atoms with Crippen molar-refractivity contribution in [1.29, 1.82) is 0 Å². The monoisotopic (exact) mass is 430 g/mol. The van der Waals surface area contributed by atoms with Crippen molar-refractivity contribution in [1.82, 2.24) is 5.32 Å². The van der Waals surface area contributed by atoms with Crippen LogP contribution in [-0.2, 0) is 34.4 Å². The Balaban J connectivity index is 1.61. The summed E-state index contributed by atoms with van der Waals surface area (Å²) in [6.07, 6.45) is -0.916. The molecule has 1 saturated carbocycles. The lowest BCUT2D eigenvalue weighted by molar-refractivity contribution is -0.268. The molecule has 9 nitrogen and oxygen atoms in total. The molecule has 2 aliphatic rings. The minimum Gasteiger partial charge on any atom is -0.606 e. The van der Waals surface area contributed by atoms with Gasteiger partial charge in [0.25, 0.3) is 0 Å². The molecule has 160 valence electrons. The summed E-state index contributed by atoms with van der Waals surface area (Å²) in [5, 5.41) is 2.25. The number of alkyl carbamates (subject to hydrolysis) is 1. The van der Waals surface area contributed by atoms with Crippen molar-refractivity contribution < 1.29 is 41.6 Å². The summed E-state index contributed by atoms with van der Waals surface area (Å²) >= 11 is 0. The zero-order valence-corrected chi connectivity index (χ0v) is 16.9. The Morgan fingerprint density at radius 2 is 2.14 bits per heavy atom. The molecule has 0 bridgehead atoms. The first-order valence-corrected chi connectivity index (χ1v) is 10.7. The van der Waals surface area contributed by atoms with Crippen LogP contribution in [-0.4, -0.2) is 44.5 Å². The number of hydrogen-bond donors (Lipinski definition) is 1. The predicted molar refractivity (Wildman–Crippen MR) is 101 cm³/mol. The molecule has 0 radical (unpaired) electrons. The van der Waals surface area contributed by atoms with E-state index in [0.29, 0.717) is 19.3 Å². The molecule has 0 aromatic heterocycles. The van der Waals surface area contributed by atoms with Gasteiger partial charge >= 0.3 is 20.2 Å². The third kappa shape index (κ3) is 6.35. The first-order valence-electron chi connectivity index (χ1n) is 10.8. The van der Waals surface area contributed by atoms with Gasteiger partial charge in [-0.3, -0.25) is 0 Å². The van der Waals surface area contributed by atoms with Gasteiger partial charge in [0.1, 0.15) is 25.9 Å². The first-order chi connectivity index (χ1) is 15.1. The number of benzene rings is 1. The summed E-state index contributed by atoms with van der Waals surface area (Å²) in [4.78, 5) is 37.2. The average molecular weight is 430 g/mol. The van der Waals surface area contributed by atoms with E-state index >= 15 is 0 Å². The van der Waals surface area contributed by atoms with Gasteiger partial charge in [-0.25, -0.2) is 9.59 Å². The second kappa shape index (κ2) is 10.3. The average Bonchev–Trinajstić information content (AvgIpc) is 2.74. The van der Waals surface area contributed by atoms with Gasteiger partial charge in [0.15, 0.2) is 6.04 Å². The van der Waals surface area contributed by atoms with Crippen molar-refractivity contribution >= 4 is 20.2 Å². The number of hydrogen-bond acceptors (Lipinski definition) is 8. The smallest absolute Gasteiger partial charge is 0.408 e. The molecule has 4 atom stereocenters. The highest BCUT2D eigenvalue weighted by atomic mass is 31.2. The van der Waals surface area contributed by atoms with E-state index in [9.17, 15) is 14.5 Å². The van der Waals surface area contributed by atoms with Crippen molar-refractivity contribution in [3.63, 3.8) is 0 Å². The zero-order chi connectivity index (χ0) is 23.4. The second-order valence-corrected chi connectivity index (χ2v) is 8.11. The molecule has 0 spiro atoms. The summed E-state index contributed by atoms with van der Waals surface area (Å²) in [6, 6.07) is 7.43. The predicted octanol–water partition coefficient (Wildman–Crippen LogP) is 2.11. The van der Waals surface area contributed by atoms with Crippen molar-refractivity contribution in [2.75, 3.05) is 20.3 Å². The Morgan fingerprint density at radius 3 is 2.90 bits per heavy atom. The summed E-state index contributed by atoms with van der Waals surface area (Å²) in [6.45, 7) is -3.17. The third-order valence-corrected chi connectivity index (χ3v) is 5.73. The largest absolute Gasteiger partial charge is 0.606 e. The zero-order valence-electron chi connectivity index (χ0n) is 19.0. The van der Waals surface area contributed by atoms with Gasteiger partial charge in [0, 0.05) is 5.92 Å². The SMILES string of the molecule is [2H]C1([2H])O[P+]([O-])(OC[C@H](NC(=O)OCc2ccccc2)C(=O)OC)O[C@]2([2H])CCCC[C@H]12. The van der Waals surface area contributed by atoms with Crippen molar-refractivity contribution in [3.8, 4) is 0 Å². The van der Waals surface area contributed by atoms with E-state index in [0.717, 1.165) is 12.7 Å². The normalized spacial score (nSPS) is 33.2. The van der Waals surface area contributed by atoms with Gasteiger partial charge in [-0.05, 0) is 18.4 Å². The van der Waals surface area contributed by atoms with E-state index in [2.05, 4.69) is 10.1 Å². The first kappa shape index (κ1) is 18.0. The van der Waals surface area contributed by atoms with Crippen LogP contribution in [0.2, 0.25) is 0 Å². The maximum atomic E-state index is 13.0. The number of methoxy groups -OCH3 is 1. The fraction of sp³-hybridized carbons (Fsp3) is 0.579. The van der Waals surface area contributed by atoms with E-state index < -0.39 is 51.4 Å². The lowest BCUT2D eigenvalue weighted by Crippen LogP contribution is -2.46. The molecule has 10 heteroatoms. The van der Waals surface area contributed by atoms with Gasteiger partial charge in [-0.15, -0.1) is 0 Å². The number of esters is 1. The Morgan fingerprint density at radius 1 is 1.38 bits per heavy atom. The molecular weight excluding hydrogens is 401 g/mol. The maximum Gasteiger partial charge on any atom is 0.408 e. The molecule has 3 rings (SSSR count). The van der Waals surface area contributed by atoms with Crippen LogP contribution in [0, 0.1) is 5.92 Å². The number of phosphoric acid groups is 1. The minimum absolute atomic E-state index is 0.0465. The quantitative estimate of drug-likeness (QED) is 0.517. The fourth-order valence-electron chi connectivity index (χ4n) is 2.94. The van der Waals surface area contributed by atoms with Crippen LogP contribution in [0.1, 0.15) is 35.4 Å². The Bertz CT molecular complexity index is 819. The highest BCUT2D eigenvalue weighted by Gasteiger charge is 2.47. The summed E-state index contributed by atoms with van der Waals surface area (Å²) in [7, 11) is -3.47. The molecule has 1 aliphatic carbocycles. The fourth-order valence-corrected chi connectivity index (χ4v) is 4.18. The molecule has 1 heterocycles. The lowest BCUT2D eigenvalue weighted by atomic mass is 9.87. The van der Waals surface area contributed by atoms with E-state index in [-0.39, 0.29) is 13.0 Å². The molecule has 1 unspecified atom stereocenters. The van der Waals surface area contributed by atoms with Gasteiger partial charge in [0.05, 0.1) is 11.2 Å². The van der Waals surface area contributed by atoms with Crippen molar-refractivity contribution in [2.45, 2.75) is 44.4 Å². The van der Waals surface area contributed by atoms with Gasteiger partial charge < -0.3 is 19.7 Å². The number of phosphoric ester groups is 1. The number of carbonyl (C=O) groups is 2. The Hall–Kier alpha value is -1.77. The van der Waals surface area contributed by atoms with Crippen LogP contribution in [0.15, 0.2) is 30.3 Å². The Labute approximate surface area is 174 Å². The number of nitrogens with one attached hydrogen (secondary N) is 1. The third-order valence-electron chi connectivity index (χ3n) is 4.48. The van der Waals surface area contributed by atoms with Crippen LogP contribution in [0.5, 0.6) is 0 Å². The standard InChI is InChI=1S/C19H26NO8P/c1-24-18(21)16(20-19(22)25-11-14-7-3-2-4-8-14)13-27-29(23)26-12-15-9-5-6-10-17(15)28-29/h2-4,7-8,15-17H,5-6,9-13H2,1H3,(H,20,22)/t15-,16+,17-,29?/m1/s1/i12D2,17D. The van der Waals surface area contributed by atoms with Gasteiger partial charge in [0.2, 0.25) is 0 Å². The number of rotatable bonds is 7. The molecule has 2 fully saturated rings. The van der Waals surface area contributed by atoms with Crippen LogP contribution >= 0.6 is 8.17 Å². The molecule has 29 heavy (non-hydrogen) atoms. The molecule has 1 aromatic rings.